The van der Waals surface area contributed by atoms with E-state index in [0.29, 0.717) is 17.6 Å². The average Bonchev–Trinajstić information content (AvgIpc) is 2.91. The number of ether oxygens (including phenoxy) is 1. The lowest BCUT2D eigenvalue weighted by Gasteiger charge is -2.40. The van der Waals surface area contributed by atoms with Crippen LogP contribution in [0.2, 0.25) is 0 Å². The summed E-state index contributed by atoms with van der Waals surface area (Å²) < 4.78 is 5.04. The summed E-state index contributed by atoms with van der Waals surface area (Å²) in [5, 5.41) is 4.99. The molecule has 24 heavy (non-hydrogen) atoms. The van der Waals surface area contributed by atoms with Gasteiger partial charge in [0.05, 0.1) is 12.7 Å². The van der Waals surface area contributed by atoms with Crippen LogP contribution in [0, 0.1) is 0 Å². The minimum atomic E-state index is -0.251. The minimum absolute atomic E-state index is 0.251. The van der Waals surface area contributed by atoms with Crippen molar-refractivity contribution in [1.82, 2.24) is 4.90 Å². The lowest BCUT2D eigenvalue weighted by molar-refractivity contribution is 0.0601. The number of thiophene rings is 1. The van der Waals surface area contributed by atoms with Gasteiger partial charge in [-0.25, -0.2) is 4.79 Å². The first-order valence-corrected chi connectivity index (χ1v) is 10.1. The van der Waals surface area contributed by atoms with E-state index in [1.807, 2.05) is 0 Å². The molecule has 0 radical (unpaired) electrons. The van der Waals surface area contributed by atoms with Crippen molar-refractivity contribution in [2.75, 3.05) is 12.4 Å². The van der Waals surface area contributed by atoms with Crippen molar-refractivity contribution >= 4 is 39.6 Å². The second-order valence-corrected chi connectivity index (χ2v) is 8.36. The molecule has 0 aromatic carbocycles. The van der Waals surface area contributed by atoms with Gasteiger partial charge in [0, 0.05) is 17.0 Å². The summed E-state index contributed by atoms with van der Waals surface area (Å²) >= 11 is 7.38. The number of rotatable bonds is 2. The zero-order valence-electron chi connectivity index (χ0n) is 14.7. The van der Waals surface area contributed by atoms with Crippen LogP contribution in [-0.4, -0.2) is 35.2 Å². The third-order valence-electron chi connectivity index (χ3n) is 5.21. The number of thiocarbonyl (C=S) groups is 1. The zero-order chi connectivity index (χ0) is 17.3. The summed E-state index contributed by atoms with van der Waals surface area (Å²) in [4.78, 5) is 15.9. The number of hydrogen-bond acceptors (Lipinski definition) is 4. The average molecular weight is 367 g/mol. The van der Waals surface area contributed by atoms with Crippen LogP contribution in [0.15, 0.2) is 0 Å². The molecule has 2 heterocycles. The Balaban J connectivity index is 1.87. The predicted octanol–water partition coefficient (Wildman–Crippen LogP) is 4.37. The Morgan fingerprint density at radius 1 is 1.21 bits per heavy atom. The van der Waals surface area contributed by atoms with E-state index in [4.69, 9.17) is 17.0 Å². The van der Waals surface area contributed by atoms with Crippen LogP contribution in [0.3, 0.4) is 0 Å². The number of hydrogen-bond donors (Lipinski definition) is 1. The highest BCUT2D eigenvalue weighted by molar-refractivity contribution is 7.80. The Labute approximate surface area is 153 Å². The van der Waals surface area contributed by atoms with Gasteiger partial charge in [0.2, 0.25) is 0 Å². The summed E-state index contributed by atoms with van der Waals surface area (Å²) in [5.41, 5.74) is 1.88. The molecular weight excluding hydrogens is 340 g/mol. The molecular formula is C18H26N2O2S2. The van der Waals surface area contributed by atoms with Crippen molar-refractivity contribution in [3.05, 3.63) is 16.0 Å². The van der Waals surface area contributed by atoms with Crippen LogP contribution >= 0.6 is 23.6 Å². The number of carbonyl (C=O) groups excluding carboxylic acids is 1. The highest BCUT2D eigenvalue weighted by Gasteiger charge is 2.30. The van der Waals surface area contributed by atoms with E-state index in [0.717, 1.165) is 42.2 Å². The van der Waals surface area contributed by atoms with Crippen molar-refractivity contribution in [2.45, 2.75) is 70.9 Å². The number of esters is 1. The molecule has 0 unspecified atom stereocenters. The molecule has 2 atom stereocenters. The number of carbonyl (C=O) groups is 1. The first-order valence-electron chi connectivity index (χ1n) is 8.85. The Hall–Kier alpha value is -1.14. The van der Waals surface area contributed by atoms with Gasteiger partial charge in [-0.05, 0) is 76.6 Å². The van der Waals surface area contributed by atoms with E-state index < -0.39 is 0 Å². The normalized spacial score (nSPS) is 23.5. The summed E-state index contributed by atoms with van der Waals surface area (Å²) in [7, 11) is 1.45. The van der Waals surface area contributed by atoms with Crippen molar-refractivity contribution in [3.8, 4) is 0 Å². The molecule has 0 bridgehead atoms. The van der Waals surface area contributed by atoms with Crippen molar-refractivity contribution < 1.29 is 9.53 Å². The largest absolute Gasteiger partial charge is 0.465 e. The predicted molar refractivity (Wildman–Crippen MR) is 103 cm³/mol. The Bertz CT molecular complexity index is 631. The number of likely N-dealkylation sites (tertiary alicyclic amines) is 1. The molecule has 3 rings (SSSR count). The van der Waals surface area contributed by atoms with Gasteiger partial charge in [-0.3, -0.25) is 0 Å². The highest BCUT2D eigenvalue weighted by atomic mass is 32.1. The lowest BCUT2D eigenvalue weighted by atomic mass is 9.95. The lowest BCUT2D eigenvalue weighted by Crippen LogP contribution is -2.49. The van der Waals surface area contributed by atoms with Gasteiger partial charge in [-0.2, -0.15) is 0 Å². The zero-order valence-corrected chi connectivity index (χ0v) is 16.3. The van der Waals surface area contributed by atoms with Crippen LogP contribution in [0.5, 0.6) is 0 Å². The first-order chi connectivity index (χ1) is 11.5. The number of methoxy groups -OCH3 is 1. The Morgan fingerprint density at radius 3 is 2.54 bits per heavy atom. The highest BCUT2D eigenvalue weighted by Crippen LogP contribution is 2.39. The molecule has 1 aliphatic heterocycles. The summed E-state index contributed by atoms with van der Waals surface area (Å²) in [5.74, 6) is -0.251. The second kappa shape index (κ2) is 7.40. The first kappa shape index (κ1) is 17.7. The Kier molecular flexibility index (Phi) is 5.45. The quantitative estimate of drug-likeness (QED) is 0.622. The maximum Gasteiger partial charge on any atom is 0.341 e. The molecule has 0 amide bonds. The van der Waals surface area contributed by atoms with Crippen LogP contribution < -0.4 is 5.32 Å². The van der Waals surface area contributed by atoms with Gasteiger partial charge in [-0.1, -0.05) is 0 Å². The van der Waals surface area contributed by atoms with E-state index in [9.17, 15) is 4.79 Å². The van der Waals surface area contributed by atoms with Gasteiger partial charge in [0.1, 0.15) is 5.00 Å². The standard InChI is InChI=1S/C18H26N2O2S2/c1-11-7-6-8-12(2)20(11)18(23)19-16-15(17(21)22-3)13-9-4-5-10-14(13)24-16/h11-12H,4-10H2,1-3H3,(H,19,23)/t11-,12+. The van der Waals surface area contributed by atoms with E-state index in [1.165, 1.54) is 30.4 Å². The molecule has 1 aliphatic carbocycles. The molecule has 0 saturated carbocycles. The fourth-order valence-electron chi connectivity index (χ4n) is 3.96. The van der Waals surface area contributed by atoms with Crippen LogP contribution in [0.25, 0.3) is 0 Å². The minimum Gasteiger partial charge on any atom is -0.465 e. The van der Waals surface area contributed by atoms with Crippen LogP contribution in [-0.2, 0) is 17.6 Å². The van der Waals surface area contributed by atoms with Crippen molar-refractivity contribution in [3.63, 3.8) is 0 Å². The van der Waals surface area contributed by atoms with Crippen molar-refractivity contribution in [1.29, 1.82) is 0 Å². The Morgan fingerprint density at radius 2 is 1.88 bits per heavy atom. The van der Waals surface area contributed by atoms with Gasteiger partial charge in [0.25, 0.3) is 0 Å². The fraction of sp³-hybridized carbons (Fsp3) is 0.667. The SMILES string of the molecule is COC(=O)c1c(NC(=S)N2[C@H](C)CCC[C@@H]2C)sc2c1CCCC2. The van der Waals surface area contributed by atoms with Gasteiger partial charge in [-0.15, -0.1) is 11.3 Å². The van der Waals surface area contributed by atoms with E-state index in [1.54, 1.807) is 11.3 Å². The smallest absolute Gasteiger partial charge is 0.341 e. The van der Waals surface area contributed by atoms with Crippen molar-refractivity contribution in [2.24, 2.45) is 0 Å². The molecule has 2 aliphatic rings. The second-order valence-electron chi connectivity index (χ2n) is 6.87. The summed E-state index contributed by atoms with van der Waals surface area (Å²) in [6.45, 7) is 4.45. The van der Waals surface area contributed by atoms with E-state index in [-0.39, 0.29) is 5.97 Å². The topological polar surface area (TPSA) is 41.6 Å². The maximum atomic E-state index is 12.3. The molecule has 1 N–H and O–H groups in total. The summed E-state index contributed by atoms with van der Waals surface area (Å²) in [6.07, 6.45) is 7.92. The van der Waals surface area contributed by atoms with Gasteiger partial charge >= 0.3 is 5.97 Å². The molecule has 1 aromatic rings. The molecule has 1 aromatic heterocycles. The van der Waals surface area contributed by atoms with E-state index >= 15 is 0 Å². The number of nitrogens with zero attached hydrogens (tertiary/aromatic N) is 1. The number of nitrogens with one attached hydrogen (secondary N) is 1. The summed E-state index contributed by atoms with van der Waals surface area (Å²) in [6, 6.07) is 0.870. The number of anilines is 1. The third-order valence-corrected chi connectivity index (χ3v) is 6.73. The number of fused-ring (bicyclic) bond motifs is 1. The van der Waals surface area contributed by atoms with Gasteiger partial charge < -0.3 is 15.0 Å². The number of piperidine rings is 1. The maximum absolute atomic E-state index is 12.3. The molecule has 132 valence electrons. The number of aryl methyl sites for hydroxylation is 1. The molecule has 6 heteroatoms. The fourth-order valence-corrected chi connectivity index (χ4v) is 5.76. The molecule has 1 saturated heterocycles. The molecule has 1 fully saturated rings. The monoisotopic (exact) mass is 366 g/mol. The van der Waals surface area contributed by atoms with E-state index in [2.05, 4.69) is 24.1 Å². The molecule has 4 nitrogen and oxygen atoms in total. The molecule has 0 spiro atoms. The van der Waals surface area contributed by atoms with Crippen LogP contribution in [0.1, 0.15) is 66.8 Å². The third kappa shape index (κ3) is 3.31. The van der Waals surface area contributed by atoms with Crippen LogP contribution in [0.4, 0.5) is 5.00 Å². The van der Waals surface area contributed by atoms with Gasteiger partial charge in [0.15, 0.2) is 5.11 Å².